The summed E-state index contributed by atoms with van der Waals surface area (Å²) in [6, 6.07) is 4.66. The lowest BCUT2D eigenvalue weighted by molar-refractivity contribution is -0.152. The number of hydrogen-bond donors (Lipinski definition) is 2. The number of halogens is 3. The van der Waals surface area contributed by atoms with E-state index in [1.54, 1.807) is 6.92 Å². The third-order valence-electron chi connectivity index (χ3n) is 4.75. The molecule has 0 aromatic heterocycles. The Balaban J connectivity index is 2.07. The van der Waals surface area contributed by atoms with Gasteiger partial charge in [-0.25, -0.2) is 4.79 Å². The Labute approximate surface area is 149 Å². The SMILES string of the molecule is CCC(Cc1ccc(C(F)(F)F)cc1)C(=O)NC1(C(=O)O)CCOCC1. The van der Waals surface area contributed by atoms with Crippen LogP contribution >= 0.6 is 0 Å². The minimum absolute atomic E-state index is 0.185. The highest BCUT2D eigenvalue weighted by Gasteiger charge is 2.42. The molecule has 1 fully saturated rings. The molecule has 1 amide bonds. The fraction of sp³-hybridized carbons (Fsp3) is 0.556. The highest BCUT2D eigenvalue weighted by molar-refractivity contribution is 5.88. The van der Waals surface area contributed by atoms with Crippen LogP contribution in [0.25, 0.3) is 0 Å². The number of alkyl halides is 3. The molecule has 1 atom stereocenters. The molecule has 8 heteroatoms. The van der Waals surface area contributed by atoms with E-state index in [-0.39, 0.29) is 32.5 Å². The first-order chi connectivity index (χ1) is 12.2. The lowest BCUT2D eigenvalue weighted by Crippen LogP contribution is -2.58. The molecule has 1 aromatic carbocycles. The molecule has 0 bridgehead atoms. The predicted octanol–water partition coefficient (Wildman–Crippen LogP) is 3.02. The topological polar surface area (TPSA) is 75.6 Å². The van der Waals surface area contributed by atoms with E-state index in [0.717, 1.165) is 12.1 Å². The number of nitrogens with one attached hydrogen (secondary N) is 1. The molecule has 1 unspecified atom stereocenters. The summed E-state index contributed by atoms with van der Waals surface area (Å²) in [5.41, 5.74) is -1.50. The first kappa shape index (κ1) is 20.2. The summed E-state index contributed by atoms with van der Waals surface area (Å²) >= 11 is 0. The number of hydrogen-bond acceptors (Lipinski definition) is 3. The van der Waals surface area contributed by atoms with E-state index in [1.807, 2.05) is 0 Å². The highest BCUT2D eigenvalue weighted by atomic mass is 19.4. The number of aliphatic carboxylic acids is 1. The van der Waals surface area contributed by atoms with E-state index < -0.39 is 35.1 Å². The lowest BCUT2D eigenvalue weighted by atomic mass is 9.88. The van der Waals surface area contributed by atoms with Gasteiger partial charge in [0.15, 0.2) is 0 Å². The molecule has 5 nitrogen and oxygen atoms in total. The number of carbonyl (C=O) groups excluding carboxylic acids is 1. The molecular formula is C18H22F3NO4. The molecule has 2 N–H and O–H groups in total. The Morgan fingerprint density at radius 3 is 2.27 bits per heavy atom. The van der Waals surface area contributed by atoms with Crippen LogP contribution in [0, 0.1) is 5.92 Å². The fourth-order valence-electron chi connectivity index (χ4n) is 2.99. The Morgan fingerprint density at radius 1 is 1.23 bits per heavy atom. The lowest BCUT2D eigenvalue weighted by Gasteiger charge is -2.35. The van der Waals surface area contributed by atoms with Crippen molar-refractivity contribution < 1.29 is 32.6 Å². The molecule has 0 radical (unpaired) electrons. The maximum absolute atomic E-state index is 12.6. The van der Waals surface area contributed by atoms with Gasteiger partial charge in [0, 0.05) is 32.0 Å². The van der Waals surface area contributed by atoms with E-state index in [1.165, 1.54) is 12.1 Å². The first-order valence-electron chi connectivity index (χ1n) is 8.47. The van der Waals surface area contributed by atoms with Gasteiger partial charge in [0.25, 0.3) is 0 Å². The Hall–Kier alpha value is -2.09. The van der Waals surface area contributed by atoms with Crippen molar-refractivity contribution in [2.75, 3.05) is 13.2 Å². The van der Waals surface area contributed by atoms with Crippen molar-refractivity contribution in [2.45, 2.75) is 44.3 Å². The minimum atomic E-state index is -4.41. The molecule has 0 spiro atoms. The summed E-state index contributed by atoms with van der Waals surface area (Å²) in [7, 11) is 0. The zero-order valence-corrected chi connectivity index (χ0v) is 14.4. The van der Waals surface area contributed by atoms with E-state index in [0.29, 0.717) is 12.0 Å². The summed E-state index contributed by atoms with van der Waals surface area (Å²) in [6.07, 6.45) is -3.35. The Kier molecular flexibility index (Phi) is 6.28. The zero-order valence-electron chi connectivity index (χ0n) is 14.4. The van der Waals surface area contributed by atoms with Gasteiger partial charge >= 0.3 is 12.1 Å². The predicted molar refractivity (Wildman–Crippen MR) is 87.5 cm³/mol. The number of carboxylic acid groups (broad SMARTS) is 1. The molecule has 1 aromatic rings. The van der Waals surface area contributed by atoms with Gasteiger partial charge in [0.2, 0.25) is 5.91 Å². The van der Waals surface area contributed by atoms with Crippen LogP contribution in [0.15, 0.2) is 24.3 Å². The van der Waals surface area contributed by atoms with E-state index >= 15 is 0 Å². The van der Waals surface area contributed by atoms with Gasteiger partial charge in [-0.05, 0) is 30.5 Å². The molecule has 26 heavy (non-hydrogen) atoms. The molecule has 144 valence electrons. The van der Waals surface area contributed by atoms with Gasteiger partial charge in [-0.2, -0.15) is 13.2 Å². The van der Waals surface area contributed by atoms with Crippen molar-refractivity contribution in [3.05, 3.63) is 35.4 Å². The van der Waals surface area contributed by atoms with Crippen LogP contribution in [-0.2, 0) is 26.9 Å². The Morgan fingerprint density at radius 2 is 1.81 bits per heavy atom. The average molecular weight is 373 g/mol. The standard InChI is InChI=1S/C18H22F3NO4/c1-2-13(11-12-3-5-14(6-4-12)18(19,20)21)15(23)22-17(16(24)25)7-9-26-10-8-17/h3-6,13H,2,7-11H2,1H3,(H,22,23)(H,24,25). The summed E-state index contributed by atoms with van der Waals surface area (Å²) in [4.78, 5) is 24.2. The van der Waals surface area contributed by atoms with Gasteiger partial charge in [-0.1, -0.05) is 19.1 Å². The quantitative estimate of drug-likeness (QED) is 0.804. The Bertz CT molecular complexity index is 637. The molecule has 2 rings (SSSR count). The molecule has 1 aliphatic heterocycles. The second-order valence-electron chi connectivity index (χ2n) is 6.49. The normalized spacial score (nSPS) is 18.2. The fourth-order valence-corrected chi connectivity index (χ4v) is 2.99. The molecular weight excluding hydrogens is 351 g/mol. The first-order valence-corrected chi connectivity index (χ1v) is 8.47. The second-order valence-corrected chi connectivity index (χ2v) is 6.49. The molecule has 0 aliphatic carbocycles. The van der Waals surface area contributed by atoms with Crippen LogP contribution < -0.4 is 5.32 Å². The molecule has 0 saturated carbocycles. The second kappa shape index (κ2) is 8.07. The van der Waals surface area contributed by atoms with Crippen molar-refractivity contribution in [3.8, 4) is 0 Å². The van der Waals surface area contributed by atoms with Crippen molar-refractivity contribution in [2.24, 2.45) is 5.92 Å². The van der Waals surface area contributed by atoms with E-state index in [4.69, 9.17) is 4.74 Å². The van der Waals surface area contributed by atoms with E-state index in [9.17, 15) is 27.9 Å². The zero-order chi connectivity index (χ0) is 19.4. The summed E-state index contributed by atoms with van der Waals surface area (Å²) < 4.78 is 43.0. The maximum Gasteiger partial charge on any atom is 0.416 e. The molecule has 1 heterocycles. The third kappa shape index (κ3) is 4.75. The van der Waals surface area contributed by atoms with Crippen LogP contribution in [-0.4, -0.2) is 35.7 Å². The number of ether oxygens (including phenoxy) is 1. The summed E-state index contributed by atoms with van der Waals surface area (Å²) in [5.74, 6) is -2.03. The van der Waals surface area contributed by atoms with Crippen molar-refractivity contribution >= 4 is 11.9 Å². The van der Waals surface area contributed by atoms with Crippen LogP contribution in [0.3, 0.4) is 0 Å². The van der Waals surface area contributed by atoms with Crippen LogP contribution in [0.4, 0.5) is 13.2 Å². The third-order valence-corrected chi connectivity index (χ3v) is 4.75. The largest absolute Gasteiger partial charge is 0.480 e. The number of carboxylic acids is 1. The average Bonchev–Trinajstić information content (AvgIpc) is 2.59. The highest BCUT2D eigenvalue weighted by Crippen LogP contribution is 2.29. The van der Waals surface area contributed by atoms with Gasteiger partial charge in [0.05, 0.1) is 5.56 Å². The van der Waals surface area contributed by atoms with Crippen LogP contribution in [0.2, 0.25) is 0 Å². The van der Waals surface area contributed by atoms with Gasteiger partial charge in [-0.15, -0.1) is 0 Å². The number of benzene rings is 1. The molecule has 1 aliphatic rings. The maximum atomic E-state index is 12.6. The van der Waals surface area contributed by atoms with Crippen LogP contribution in [0.1, 0.15) is 37.3 Å². The van der Waals surface area contributed by atoms with E-state index in [2.05, 4.69) is 5.32 Å². The number of rotatable bonds is 6. The van der Waals surface area contributed by atoms with Crippen LogP contribution in [0.5, 0.6) is 0 Å². The van der Waals surface area contributed by atoms with Crippen molar-refractivity contribution in [1.82, 2.24) is 5.32 Å². The number of carbonyl (C=O) groups is 2. The van der Waals surface area contributed by atoms with Gasteiger partial charge in [-0.3, -0.25) is 4.79 Å². The van der Waals surface area contributed by atoms with Crippen molar-refractivity contribution in [1.29, 1.82) is 0 Å². The number of amides is 1. The molecule has 1 saturated heterocycles. The van der Waals surface area contributed by atoms with Gasteiger partial charge < -0.3 is 15.2 Å². The minimum Gasteiger partial charge on any atom is -0.480 e. The monoisotopic (exact) mass is 373 g/mol. The summed E-state index contributed by atoms with van der Waals surface area (Å²) in [6.45, 7) is 2.29. The summed E-state index contributed by atoms with van der Waals surface area (Å²) in [5, 5.41) is 12.2. The van der Waals surface area contributed by atoms with Gasteiger partial charge in [0.1, 0.15) is 5.54 Å². The smallest absolute Gasteiger partial charge is 0.416 e. The van der Waals surface area contributed by atoms with Crippen molar-refractivity contribution in [3.63, 3.8) is 0 Å².